The van der Waals surface area contributed by atoms with Gasteiger partial charge < -0.3 is 14.7 Å². The quantitative estimate of drug-likeness (QED) is 0.770. The monoisotopic (exact) mass is 422 g/mol. The zero-order valence-corrected chi connectivity index (χ0v) is 17.8. The first kappa shape index (κ1) is 21.4. The van der Waals surface area contributed by atoms with Gasteiger partial charge >= 0.3 is 12.0 Å². The molecule has 2 atom stereocenters. The number of carboxylic acids is 1. The lowest BCUT2D eigenvalue weighted by Gasteiger charge is -2.33. The molecule has 1 aliphatic heterocycles. The van der Waals surface area contributed by atoms with E-state index in [4.69, 9.17) is 4.74 Å². The summed E-state index contributed by atoms with van der Waals surface area (Å²) >= 11 is 0. The van der Waals surface area contributed by atoms with E-state index in [1.54, 1.807) is 4.90 Å². The molecule has 1 N–H and O–H groups in total. The van der Waals surface area contributed by atoms with E-state index in [1.165, 1.54) is 0 Å². The number of ether oxygens (including phenoxy) is 1. The van der Waals surface area contributed by atoms with E-state index >= 15 is 0 Å². The average Bonchev–Trinajstić information content (AvgIpc) is 2.83. The maximum absolute atomic E-state index is 13.3. The normalized spacial score (nSPS) is 21.5. The van der Waals surface area contributed by atoms with Crippen molar-refractivity contribution < 1.29 is 19.4 Å². The summed E-state index contributed by atoms with van der Waals surface area (Å²) in [6, 6.07) is 17.9. The van der Waals surface area contributed by atoms with Crippen LogP contribution >= 0.6 is 0 Å². The van der Waals surface area contributed by atoms with Crippen molar-refractivity contribution >= 4 is 17.7 Å². The van der Waals surface area contributed by atoms with E-state index in [2.05, 4.69) is 0 Å². The van der Waals surface area contributed by atoms with Crippen molar-refractivity contribution in [3.63, 3.8) is 0 Å². The standard InChI is InChI=1S/C25H30N2O4/c28-24(29)23-9-5-4-8-22(23)20-12-10-19(11-13-20)18-27(21-6-2-1-3-7-21)25(30)26-14-16-31-17-15-26/h1-3,6-7,10-13,22-23H,4-5,8-9,14-18H2,(H,28,29). The van der Waals surface area contributed by atoms with Crippen molar-refractivity contribution in [2.75, 3.05) is 31.2 Å². The van der Waals surface area contributed by atoms with Gasteiger partial charge in [-0.05, 0) is 42.0 Å². The second-order valence-corrected chi connectivity index (χ2v) is 8.38. The minimum absolute atomic E-state index is 0.0169. The molecule has 2 fully saturated rings. The number of amides is 2. The second-order valence-electron chi connectivity index (χ2n) is 8.38. The highest BCUT2D eigenvalue weighted by molar-refractivity contribution is 5.92. The number of benzene rings is 2. The predicted octanol–water partition coefficient (Wildman–Crippen LogP) is 4.50. The molecule has 1 saturated carbocycles. The van der Waals surface area contributed by atoms with E-state index in [-0.39, 0.29) is 17.9 Å². The van der Waals surface area contributed by atoms with Crippen LogP contribution in [0.25, 0.3) is 0 Å². The Labute approximate surface area is 183 Å². The number of hydrogen-bond acceptors (Lipinski definition) is 3. The predicted molar refractivity (Wildman–Crippen MR) is 119 cm³/mol. The van der Waals surface area contributed by atoms with Gasteiger partial charge in [-0.15, -0.1) is 0 Å². The van der Waals surface area contributed by atoms with E-state index in [1.807, 2.05) is 59.5 Å². The molecule has 0 spiro atoms. The number of aliphatic carboxylic acids is 1. The topological polar surface area (TPSA) is 70.1 Å². The summed E-state index contributed by atoms with van der Waals surface area (Å²) in [6.45, 7) is 2.79. The van der Waals surface area contributed by atoms with E-state index in [0.29, 0.717) is 32.8 Å². The van der Waals surface area contributed by atoms with Gasteiger partial charge in [-0.2, -0.15) is 0 Å². The van der Waals surface area contributed by atoms with Gasteiger partial charge in [0.05, 0.1) is 25.7 Å². The number of carbonyl (C=O) groups is 2. The molecule has 2 aromatic rings. The molecule has 6 heteroatoms. The number of anilines is 1. The van der Waals surface area contributed by atoms with Crippen LogP contribution in [-0.4, -0.2) is 48.3 Å². The van der Waals surface area contributed by atoms with Crippen LogP contribution in [0.4, 0.5) is 10.5 Å². The maximum atomic E-state index is 13.3. The number of para-hydroxylation sites is 1. The number of urea groups is 1. The minimum atomic E-state index is -0.694. The molecule has 1 aliphatic carbocycles. The van der Waals surface area contributed by atoms with Crippen LogP contribution in [0.15, 0.2) is 54.6 Å². The van der Waals surface area contributed by atoms with Crippen LogP contribution in [0.2, 0.25) is 0 Å². The van der Waals surface area contributed by atoms with E-state index in [0.717, 1.165) is 42.5 Å². The molecule has 0 bridgehead atoms. The Balaban J connectivity index is 1.53. The molecule has 1 heterocycles. The van der Waals surface area contributed by atoms with Crippen molar-refractivity contribution in [3.8, 4) is 0 Å². The van der Waals surface area contributed by atoms with Crippen molar-refractivity contribution in [1.82, 2.24) is 4.90 Å². The highest BCUT2D eigenvalue weighted by atomic mass is 16.5. The molecule has 164 valence electrons. The Morgan fingerprint density at radius 1 is 0.968 bits per heavy atom. The van der Waals surface area contributed by atoms with Gasteiger partial charge in [0.1, 0.15) is 0 Å². The summed E-state index contributed by atoms with van der Waals surface area (Å²) in [5.41, 5.74) is 2.97. The zero-order chi connectivity index (χ0) is 21.6. The third-order valence-electron chi connectivity index (χ3n) is 6.41. The van der Waals surface area contributed by atoms with Crippen LogP contribution in [0, 0.1) is 5.92 Å². The molecule has 2 amide bonds. The molecular formula is C25H30N2O4. The molecule has 6 nitrogen and oxygen atoms in total. The highest BCUT2D eigenvalue weighted by Crippen LogP contribution is 2.38. The first-order valence-electron chi connectivity index (χ1n) is 11.1. The summed E-state index contributed by atoms with van der Waals surface area (Å²) in [5.74, 6) is -0.927. The van der Waals surface area contributed by atoms with Crippen molar-refractivity contribution in [1.29, 1.82) is 0 Å². The lowest BCUT2D eigenvalue weighted by molar-refractivity contribution is -0.143. The van der Waals surface area contributed by atoms with Gasteiger partial charge in [0.25, 0.3) is 0 Å². The average molecular weight is 423 g/mol. The number of nitrogens with zero attached hydrogens (tertiary/aromatic N) is 2. The van der Waals surface area contributed by atoms with Crippen LogP contribution in [0.5, 0.6) is 0 Å². The van der Waals surface area contributed by atoms with Gasteiger partial charge in [0, 0.05) is 18.8 Å². The number of carbonyl (C=O) groups excluding carboxylic acids is 1. The van der Waals surface area contributed by atoms with E-state index < -0.39 is 5.97 Å². The Hall–Kier alpha value is -2.86. The number of rotatable bonds is 5. The van der Waals surface area contributed by atoms with Gasteiger partial charge in [-0.3, -0.25) is 9.69 Å². The smallest absolute Gasteiger partial charge is 0.324 e. The van der Waals surface area contributed by atoms with Crippen molar-refractivity contribution in [3.05, 3.63) is 65.7 Å². The molecule has 1 saturated heterocycles. The molecule has 2 aromatic carbocycles. The number of morpholine rings is 1. The summed E-state index contributed by atoms with van der Waals surface area (Å²) < 4.78 is 5.40. The fourth-order valence-corrected chi connectivity index (χ4v) is 4.68. The number of carboxylic acid groups (broad SMARTS) is 1. The van der Waals surface area contributed by atoms with Crippen LogP contribution in [0.3, 0.4) is 0 Å². The molecule has 0 aromatic heterocycles. The second kappa shape index (κ2) is 9.96. The molecule has 2 unspecified atom stereocenters. The third-order valence-corrected chi connectivity index (χ3v) is 6.41. The Morgan fingerprint density at radius 3 is 2.32 bits per heavy atom. The van der Waals surface area contributed by atoms with Crippen LogP contribution in [0.1, 0.15) is 42.7 Å². The molecule has 31 heavy (non-hydrogen) atoms. The summed E-state index contributed by atoms with van der Waals surface area (Å²) in [5, 5.41) is 9.60. The fraction of sp³-hybridized carbons (Fsp3) is 0.440. The molecule has 0 radical (unpaired) electrons. The summed E-state index contributed by atoms with van der Waals surface area (Å²) in [6.07, 6.45) is 3.73. The van der Waals surface area contributed by atoms with Gasteiger partial charge in [-0.25, -0.2) is 4.79 Å². The molecule has 2 aliphatic rings. The first-order chi connectivity index (χ1) is 15.1. The SMILES string of the molecule is O=C(O)C1CCCCC1c1ccc(CN(C(=O)N2CCOCC2)c2ccccc2)cc1. The Bertz CT molecular complexity index is 878. The van der Waals surface area contributed by atoms with Crippen molar-refractivity contribution in [2.45, 2.75) is 38.1 Å². The summed E-state index contributed by atoms with van der Waals surface area (Å²) in [7, 11) is 0. The molecule has 4 rings (SSSR count). The van der Waals surface area contributed by atoms with Crippen LogP contribution in [-0.2, 0) is 16.1 Å². The lowest BCUT2D eigenvalue weighted by Crippen LogP contribution is -2.48. The Kier molecular flexibility index (Phi) is 6.87. The first-order valence-corrected chi connectivity index (χ1v) is 11.1. The minimum Gasteiger partial charge on any atom is -0.481 e. The number of hydrogen-bond donors (Lipinski definition) is 1. The zero-order valence-electron chi connectivity index (χ0n) is 17.8. The van der Waals surface area contributed by atoms with Gasteiger partial charge in [-0.1, -0.05) is 55.3 Å². The van der Waals surface area contributed by atoms with Gasteiger partial charge in [0.15, 0.2) is 0 Å². The van der Waals surface area contributed by atoms with Gasteiger partial charge in [0.2, 0.25) is 0 Å². The highest BCUT2D eigenvalue weighted by Gasteiger charge is 2.32. The largest absolute Gasteiger partial charge is 0.481 e. The third kappa shape index (κ3) is 5.07. The van der Waals surface area contributed by atoms with Crippen molar-refractivity contribution in [2.24, 2.45) is 5.92 Å². The Morgan fingerprint density at radius 2 is 1.65 bits per heavy atom. The fourth-order valence-electron chi connectivity index (χ4n) is 4.68. The van der Waals surface area contributed by atoms with Crippen LogP contribution < -0.4 is 4.90 Å². The summed E-state index contributed by atoms with van der Waals surface area (Å²) in [4.78, 5) is 28.6. The van der Waals surface area contributed by atoms with E-state index in [9.17, 15) is 14.7 Å². The maximum Gasteiger partial charge on any atom is 0.324 e. The lowest BCUT2D eigenvalue weighted by atomic mass is 9.75. The molecular weight excluding hydrogens is 392 g/mol.